The lowest BCUT2D eigenvalue weighted by Crippen LogP contribution is -2.14. The van der Waals surface area contributed by atoms with Crippen molar-refractivity contribution < 1.29 is 9.90 Å². The van der Waals surface area contributed by atoms with Gasteiger partial charge in [-0.05, 0) is 58.7 Å². The van der Waals surface area contributed by atoms with Crippen molar-refractivity contribution in [3.05, 3.63) is 52.1 Å². The smallest absolute Gasteiger partial charge is 0.257 e. The number of aromatic nitrogens is 1. The summed E-state index contributed by atoms with van der Waals surface area (Å²) < 4.78 is 0.848. The number of carbonyl (C=O) groups excluding carboxylic acids is 1. The van der Waals surface area contributed by atoms with Gasteiger partial charge in [-0.1, -0.05) is 0 Å². The van der Waals surface area contributed by atoms with E-state index in [0.29, 0.717) is 16.9 Å². The van der Waals surface area contributed by atoms with Crippen LogP contribution in [0.15, 0.2) is 41.0 Å². The quantitative estimate of drug-likeness (QED) is 0.896. The van der Waals surface area contributed by atoms with E-state index in [1.165, 1.54) is 6.07 Å². The van der Waals surface area contributed by atoms with Crippen molar-refractivity contribution >= 4 is 27.7 Å². The SMILES string of the molecule is Cc1cc(O)ccc1C(=O)Nc1ccc(Br)cn1. The first-order chi connectivity index (χ1) is 8.56. The van der Waals surface area contributed by atoms with Gasteiger partial charge in [0.05, 0.1) is 0 Å². The Morgan fingerprint density at radius 1 is 1.33 bits per heavy atom. The van der Waals surface area contributed by atoms with Crippen LogP contribution >= 0.6 is 15.9 Å². The molecule has 5 heteroatoms. The average Bonchev–Trinajstić information content (AvgIpc) is 2.32. The highest BCUT2D eigenvalue weighted by Gasteiger charge is 2.10. The molecule has 0 aliphatic rings. The second kappa shape index (κ2) is 5.18. The molecule has 0 aliphatic heterocycles. The Bertz CT molecular complexity index is 582. The summed E-state index contributed by atoms with van der Waals surface area (Å²) in [5.41, 5.74) is 1.22. The fraction of sp³-hybridized carbons (Fsp3) is 0.0769. The number of anilines is 1. The van der Waals surface area contributed by atoms with Gasteiger partial charge in [-0.2, -0.15) is 0 Å². The maximum absolute atomic E-state index is 12.0. The van der Waals surface area contributed by atoms with E-state index in [4.69, 9.17) is 0 Å². The fourth-order valence-corrected chi connectivity index (χ4v) is 1.77. The van der Waals surface area contributed by atoms with Crippen LogP contribution in [0.5, 0.6) is 5.75 Å². The van der Waals surface area contributed by atoms with Crippen molar-refractivity contribution in [3.63, 3.8) is 0 Å². The highest BCUT2D eigenvalue weighted by molar-refractivity contribution is 9.10. The number of carbonyl (C=O) groups is 1. The van der Waals surface area contributed by atoms with Gasteiger partial charge in [-0.25, -0.2) is 4.98 Å². The summed E-state index contributed by atoms with van der Waals surface area (Å²) in [6.45, 7) is 1.77. The molecule has 0 saturated heterocycles. The van der Waals surface area contributed by atoms with Gasteiger partial charge in [0.25, 0.3) is 5.91 Å². The molecule has 0 bridgehead atoms. The molecule has 0 unspecified atom stereocenters. The number of hydrogen-bond acceptors (Lipinski definition) is 3. The molecule has 1 aromatic carbocycles. The highest BCUT2D eigenvalue weighted by Crippen LogP contribution is 2.17. The molecule has 1 amide bonds. The normalized spacial score (nSPS) is 10.1. The largest absolute Gasteiger partial charge is 0.508 e. The average molecular weight is 307 g/mol. The molecule has 92 valence electrons. The number of hydrogen-bond donors (Lipinski definition) is 2. The van der Waals surface area contributed by atoms with E-state index >= 15 is 0 Å². The Morgan fingerprint density at radius 2 is 2.11 bits per heavy atom. The number of phenols is 1. The lowest BCUT2D eigenvalue weighted by Gasteiger charge is -2.07. The van der Waals surface area contributed by atoms with Crippen LogP contribution in [0.1, 0.15) is 15.9 Å². The van der Waals surface area contributed by atoms with Crippen LogP contribution < -0.4 is 5.32 Å². The van der Waals surface area contributed by atoms with Gasteiger partial charge in [0.2, 0.25) is 0 Å². The molecular formula is C13H11BrN2O2. The maximum atomic E-state index is 12.0. The molecule has 18 heavy (non-hydrogen) atoms. The van der Waals surface area contributed by atoms with E-state index in [0.717, 1.165) is 4.47 Å². The zero-order valence-electron chi connectivity index (χ0n) is 9.64. The number of nitrogens with one attached hydrogen (secondary N) is 1. The van der Waals surface area contributed by atoms with Gasteiger partial charge >= 0.3 is 0 Å². The first-order valence-corrected chi connectivity index (χ1v) is 6.08. The molecule has 0 radical (unpaired) electrons. The van der Waals surface area contributed by atoms with Crippen molar-refractivity contribution in [2.24, 2.45) is 0 Å². The van der Waals surface area contributed by atoms with Gasteiger partial charge in [0.15, 0.2) is 0 Å². The van der Waals surface area contributed by atoms with Gasteiger partial charge in [0.1, 0.15) is 11.6 Å². The van der Waals surface area contributed by atoms with Crippen LogP contribution in [0.4, 0.5) is 5.82 Å². The number of aromatic hydroxyl groups is 1. The predicted molar refractivity (Wildman–Crippen MR) is 72.7 cm³/mol. The molecule has 0 atom stereocenters. The third-order valence-corrected chi connectivity index (χ3v) is 2.89. The van der Waals surface area contributed by atoms with Crippen molar-refractivity contribution in [3.8, 4) is 5.75 Å². The standard InChI is InChI=1S/C13H11BrN2O2/c1-8-6-10(17)3-4-11(8)13(18)16-12-5-2-9(14)7-15-12/h2-7,17H,1H3,(H,15,16,18). The summed E-state index contributed by atoms with van der Waals surface area (Å²) in [7, 11) is 0. The van der Waals surface area contributed by atoms with Crippen molar-refractivity contribution in [1.82, 2.24) is 4.98 Å². The Morgan fingerprint density at radius 3 is 2.72 bits per heavy atom. The first kappa shape index (κ1) is 12.6. The van der Waals surface area contributed by atoms with Gasteiger partial charge in [-0.3, -0.25) is 4.79 Å². The maximum Gasteiger partial charge on any atom is 0.257 e. The van der Waals surface area contributed by atoms with Crippen LogP contribution in [-0.2, 0) is 0 Å². The van der Waals surface area contributed by atoms with Crippen LogP contribution in [0.2, 0.25) is 0 Å². The summed E-state index contributed by atoms with van der Waals surface area (Å²) in [6, 6.07) is 8.11. The van der Waals surface area contributed by atoms with Crippen molar-refractivity contribution in [2.45, 2.75) is 6.92 Å². The number of amides is 1. The number of pyridine rings is 1. The molecule has 4 nitrogen and oxygen atoms in total. The minimum atomic E-state index is -0.248. The minimum Gasteiger partial charge on any atom is -0.508 e. The fourth-order valence-electron chi connectivity index (χ4n) is 1.54. The number of aryl methyl sites for hydroxylation is 1. The van der Waals surface area contributed by atoms with Crippen LogP contribution in [0.25, 0.3) is 0 Å². The Balaban J connectivity index is 2.19. The van der Waals surface area contributed by atoms with E-state index in [1.807, 2.05) is 0 Å². The number of nitrogens with zero attached hydrogens (tertiary/aromatic N) is 1. The predicted octanol–water partition coefficient (Wildman–Crippen LogP) is 3.11. The monoisotopic (exact) mass is 306 g/mol. The lowest BCUT2D eigenvalue weighted by atomic mass is 10.1. The topological polar surface area (TPSA) is 62.2 Å². The van der Waals surface area contributed by atoms with Gasteiger partial charge in [-0.15, -0.1) is 0 Å². The number of phenolic OH excluding ortho intramolecular Hbond substituents is 1. The zero-order chi connectivity index (χ0) is 13.1. The zero-order valence-corrected chi connectivity index (χ0v) is 11.2. The Labute approximate surface area is 113 Å². The minimum absolute atomic E-state index is 0.144. The molecule has 2 aromatic rings. The van der Waals surface area contributed by atoms with Crippen molar-refractivity contribution in [2.75, 3.05) is 5.32 Å². The first-order valence-electron chi connectivity index (χ1n) is 5.29. The molecule has 2 rings (SSSR count). The van der Waals surface area contributed by atoms with Gasteiger partial charge in [0, 0.05) is 16.2 Å². The number of benzene rings is 1. The van der Waals surface area contributed by atoms with E-state index in [-0.39, 0.29) is 11.7 Å². The third-order valence-electron chi connectivity index (χ3n) is 2.42. The molecule has 1 aromatic heterocycles. The Hall–Kier alpha value is -1.88. The van der Waals surface area contributed by atoms with E-state index in [1.54, 1.807) is 37.4 Å². The number of rotatable bonds is 2. The summed E-state index contributed by atoms with van der Waals surface area (Å²) in [6.07, 6.45) is 1.61. The van der Waals surface area contributed by atoms with Crippen LogP contribution in [0.3, 0.4) is 0 Å². The third kappa shape index (κ3) is 2.87. The van der Waals surface area contributed by atoms with Gasteiger partial charge < -0.3 is 10.4 Å². The van der Waals surface area contributed by atoms with Crippen LogP contribution in [0, 0.1) is 6.92 Å². The summed E-state index contributed by atoms with van der Waals surface area (Å²) in [5, 5.41) is 12.0. The molecule has 1 heterocycles. The van der Waals surface area contributed by atoms with E-state index in [9.17, 15) is 9.90 Å². The number of halogens is 1. The summed E-state index contributed by atoms with van der Waals surface area (Å²) in [4.78, 5) is 16.0. The summed E-state index contributed by atoms with van der Waals surface area (Å²) >= 11 is 3.27. The lowest BCUT2D eigenvalue weighted by molar-refractivity contribution is 0.102. The molecule has 0 fully saturated rings. The van der Waals surface area contributed by atoms with E-state index < -0.39 is 0 Å². The second-order valence-corrected chi connectivity index (χ2v) is 4.73. The molecular weight excluding hydrogens is 296 g/mol. The molecule has 0 saturated carbocycles. The molecule has 2 N–H and O–H groups in total. The van der Waals surface area contributed by atoms with E-state index in [2.05, 4.69) is 26.2 Å². The Kier molecular flexibility index (Phi) is 3.62. The molecule has 0 spiro atoms. The van der Waals surface area contributed by atoms with Crippen molar-refractivity contribution in [1.29, 1.82) is 0 Å². The van der Waals surface area contributed by atoms with Crippen LogP contribution in [-0.4, -0.2) is 16.0 Å². The molecule has 0 aliphatic carbocycles. The summed E-state index contributed by atoms with van der Waals surface area (Å²) in [5.74, 6) is 0.379. The highest BCUT2D eigenvalue weighted by atomic mass is 79.9. The second-order valence-electron chi connectivity index (χ2n) is 3.82.